The SMILES string of the molecule is CC1(C)c2ccccc2-c2c(-c3cccc4nc(-c5ccccc5)c(-c5ccccc5)nc34)cccc2C1(C)C. The van der Waals surface area contributed by atoms with E-state index in [4.69, 9.17) is 9.97 Å². The Bertz CT molecular complexity index is 1880. The van der Waals surface area contributed by atoms with Gasteiger partial charge in [0, 0.05) is 16.7 Å². The Kier molecular flexibility index (Phi) is 5.50. The quantitative estimate of drug-likeness (QED) is 0.234. The summed E-state index contributed by atoms with van der Waals surface area (Å²) < 4.78 is 0. The fourth-order valence-corrected chi connectivity index (χ4v) is 6.40. The molecule has 1 heterocycles. The third kappa shape index (κ3) is 3.56. The summed E-state index contributed by atoms with van der Waals surface area (Å²) in [5.41, 5.74) is 13.4. The third-order valence-electron chi connectivity index (χ3n) is 9.25. The van der Waals surface area contributed by atoms with Crippen LogP contribution < -0.4 is 0 Å². The fraction of sp³-hybridized carbons (Fsp3) is 0.158. The Labute approximate surface area is 236 Å². The van der Waals surface area contributed by atoms with Crippen molar-refractivity contribution in [2.24, 2.45) is 0 Å². The second-order valence-corrected chi connectivity index (χ2v) is 11.8. The van der Waals surface area contributed by atoms with Crippen molar-refractivity contribution in [3.63, 3.8) is 0 Å². The molecule has 1 aliphatic rings. The standard InChI is InChI=1S/C38H32N2/c1-37(2)30-22-12-11-19-29(30)33-27(20-13-23-31(33)38(37,3)4)28-21-14-24-32-36(28)40-35(26-17-9-6-10-18-26)34(39-32)25-15-7-5-8-16-25/h5-24H,1-4H3. The first-order chi connectivity index (χ1) is 19.4. The molecular weight excluding hydrogens is 484 g/mol. The van der Waals surface area contributed by atoms with Gasteiger partial charge in [-0.15, -0.1) is 0 Å². The monoisotopic (exact) mass is 516 g/mol. The molecule has 2 nitrogen and oxygen atoms in total. The van der Waals surface area contributed by atoms with Gasteiger partial charge in [-0.05, 0) is 44.7 Å². The highest BCUT2D eigenvalue weighted by atomic mass is 14.8. The summed E-state index contributed by atoms with van der Waals surface area (Å²) in [6.07, 6.45) is 0. The summed E-state index contributed by atoms with van der Waals surface area (Å²) in [7, 11) is 0. The Morgan fingerprint density at radius 3 is 1.62 bits per heavy atom. The Balaban J connectivity index is 1.55. The van der Waals surface area contributed by atoms with Gasteiger partial charge in [0.1, 0.15) is 0 Å². The third-order valence-corrected chi connectivity index (χ3v) is 9.25. The number of hydrogen-bond donors (Lipinski definition) is 0. The normalized spacial score (nSPS) is 14.9. The molecule has 0 fully saturated rings. The maximum atomic E-state index is 5.41. The van der Waals surface area contributed by atoms with E-state index in [1.165, 1.54) is 27.8 Å². The van der Waals surface area contributed by atoms with Gasteiger partial charge >= 0.3 is 0 Å². The molecule has 2 heteroatoms. The Morgan fingerprint density at radius 2 is 0.925 bits per heavy atom. The Hall–Kier alpha value is -4.56. The average Bonchev–Trinajstić information content (AvgIpc) is 3.00. The molecule has 0 bridgehead atoms. The topological polar surface area (TPSA) is 25.8 Å². The molecule has 6 aromatic rings. The van der Waals surface area contributed by atoms with Crippen molar-refractivity contribution in [1.29, 1.82) is 0 Å². The molecule has 1 aliphatic carbocycles. The molecule has 0 unspecified atom stereocenters. The lowest BCUT2D eigenvalue weighted by Gasteiger charge is -2.48. The van der Waals surface area contributed by atoms with Crippen molar-refractivity contribution in [3.05, 3.63) is 132 Å². The lowest BCUT2D eigenvalue weighted by Crippen LogP contribution is -2.43. The lowest BCUT2D eigenvalue weighted by atomic mass is 9.55. The van der Waals surface area contributed by atoms with Crippen molar-refractivity contribution < 1.29 is 0 Å². The van der Waals surface area contributed by atoms with Crippen molar-refractivity contribution in [1.82, 2.24) is 9.97 Å². The number of benzene rings is 5. The van der Waals surface area contributed by atoms with Crippen LogP contribution in [0.1, 0.15) is 38.8 Å². The first-order valence-corrected chi connectivity index (χ1v) is 14.0. The van der Waals surface area contributed by atoms with Crippen LogP contribution >= 0.6 is 0 Å². The minimum absolute atomic E-state index is 0.0150. The van der Waals surface area contributed by atoms with Gasteiger partial charge < -0.3 is 0 Å². The van der Waals surface area contributed by atoms with E-state index in [9.17, 15) is 0 Å². The van der Waals surface area contributed by atoms with Crippen LogP contribution in [0.2, 0.25) is 0 Å². The van der Waals surface area contributed by atoms with Crippen LogP contribution in [0.3, 0.4) is 0 Å². The van der Waals surface area contributed by atoms with Crippen LogP contribution in [-0.4, -0.2) is 9.97 Å². The first kappa shape index (κ1) is 24.5. The van der Waals surface area contributed by atoms with Gasteiger partial charge in [-0.2, -0.15) is 0 Å². The summed E-state index contributed by atoms with van der Waals surface area (Å²) in [4.78, 5) is 10.7. The molecule has 7 rings (SSSR count). The van der Waals surface area contributed by atoms with Gasteiger partial charge in [-0.1, -0.05) is 143 Å². The van der Waals surface area contributed by atoms with E-state index in [-0.39, 0.29) is 10.8 Å². The molecule has 0 N–H and O–H groups in total. The molecule has 194 valence electrons. The van der Waals surface area contributed by atoms with E-state index in [1.54, 1.807) is 0 Å². The molecule has 0 saturated carbocycles. The van der Waals surface area contributed by atoms with Crippen LogP contribution in [0.25, 0.3) is 55.8 Å². The van der Waals surface area contributed by atoms with Gasteiger partial charge in [-0.3, -0.25) is 0 Å². The van der Waals surface area contributed by atoms with E-state index in [1.807, 2.05) is 12.1 Å². The zero-order chi connectivity index (χ0) is 27.5. The van der Waals surface area contributed by atoms with E-state index in [0.29, 0.717) is 0 Å². The molecular formula is C38H32N2. The highest BCUT2D eigenvalue weighted by molar-refractivity contribution is 6.01. The molecule has 0 atom stereocenters. The summed E-state index contributed by atoms with van der Waals surface area (Å²) in [5.74, 6) is 0. The zero-order valence-corrected chi connectivity index (χ0v) is 23.4. The highest BCUT2D eigenvalue weighted by Crippen LogP contribution is 2.56. The predicted molar refractivity (Wildman–Crippen MR) is 167 cm³/mol. The fourth-order valence-electron chi connectivity index (χ4n) is 6.40. The predicted octanol–water partition coefficient (Wildman–Crippen LogP) is 9.87. The maximum Gasteiger partial charge on any atom is 0.0973 e. The number of para-hydroxylation sites is 1. The van der Waals surface area contributed by atoms with Crippen molar-refractivity contribution >= 4 is 11.0 Å². The average molecular weight is 517 g/mol. The van der Waals surface area contributed by atoms with Crippen LogP contribution in [0.15, 0.2) is 121 Å². The van der Waals surface area contributed by atoms with Crippen molar-refractivity contribution in [2.45, 2.75) is 38.5 Å². The highest BCUT2D eigenvalue weighted by Gasteiger charge is 2.46. The molecule has 5 aromatic carbocycles. The second kappa shape index (κ2) is 8.99. The molecule has 0 aliphatic heterocycles. The second-order valence-electron chi connectivity index (χ2n) is 11.8. The van der Waals surface area contributed by atoms with Crippen molar-refractivity contribution in [2.75, 3.05) is 0 Å². The number of nitrogens with zero attached hydrogens (tertiary/aromatic N) is 2. The molecule has 0 radical (unpaired) electrons. The van der Waals surface area contributed by atoms with Gasteiger partial charge in [0.25, 0.3) is 0 Å². The smallest absolute Gasteiger partial charge is 0.0973 e. The van der Waals surface area contributed by atoms with Crippen LogP contribution in [-0.2, 0) is 10.8 Å². The maximum absolute atomic E-state index is 5.41. The zero-order valence-electron chi connectivity index (χ0n) is 23.4. The lowest BCUT2D eigenvalue weighted by molar-refractivity contribution is 0.299. The molecule has 1 aromatic heterocycles. The molecule has 40 heavy (non-hydrogen) atoms. The van der Waals surface area contributed by atoms with E-state index in [0.717, 1.165) is 39.1 Å². The van der Waals surface area contributed by atoms with Gasteiger partial charge in [0.15, 0.2) is 0 Å². The van der Waals surface area contributed by atoms with Gasteiger partial charge in [0.2, 0.25) is 0 Å². The minimum atomic E-state index is -0.0569. The number of aromatic nitrogens is 2. The minimum Gasteiger partial charge on any atom is -0.244 e. The van der Waals surface area contributed by atoms with E-state index >= 15 is 0 Å². The van der Waals surface area contributed by atoms with Crippen molar-refractivity contribution in [3.8, 4) is 44.8 Å². The summed E-state index contributed by atoms with van der Waals surface area (Å²) in [6, 6.07) is 42.9. The Morgan fingerprint density at radius 1 is 0.425 bits per heavy atom. The van der Waals surface area contributed by atoms with E-state index < -0.39 is 0 Å². The molecule has 0 saturated heterocycles. The van der Waals surface area contributed by atoms with Crippen LogP contribution in [0, 0.1) is 0 Å². The summed E-state index contributed by atoms with van der Waals surface area (Å²) >= 11 is 0. The number of hydrogen-bond acceptors (Lipinski definition) is 2. The van der Waals surface area contributed by atoms with Gasteiger partial charge in [0.05, 0.1) is 22.4 Å². The number of fused-ring (bicyclic) bond motifs is 4. The molecule has 0 spiro atoms. The van der Waals surface area contributed by atoms with Crippen LogP contribution in [0.5, 0.6) is 0 Å². The number of rotatable bonds is 3. The first-order valence-electron chi connectivity index (χ1n) is 14.0. The van der Waals surface area contributed by atoms with Crippen LogP contribution in [0.4, 0.5) is 0 Å². The van der Waals surface area contributed by atoms with Gasteiger partial charge in [-0.25, -0.2) is 9.97 Å². The summed E-state index contributed by atoms with van der Waals surface area (Å²) in [6.45, 7) is 9.52. The molecule has 0 amide bonds. The van der Waals surface area contributed by atoms with E-state index in [2.05, 4.69) is 137 Å². The largest absolute Gasteiger partial charge is 0.244 e. The summed E-state index contributed by atoms with van der Waals surface area (Å²) in [5, 5.41) is 0.